The zero-order valence-electron chi connectivity index (χ0n) is 15.5. The van der Waals surface area contributed by atoms with E-state index in [4.69, 9.17) is 0 Å². The third-order valence-electron chi connectivity index (χ3n) is 4.79. The topological polar surface area (TPSA) is 66.5 Å². The van der Waals surface area contributed by atoms with E-state index >= 15 is 0 Å². The highest BCUT2D eigenvalue weighted by Gasteiger charge is 2.34. The normalized spacial score (nSPS) is 16.5. The van der Waals surface area contributed by atoms with Crippen LogP contribution in [-0.4, -0.2) is 26.1 Å². The molecule has 1 heterocycles. The largest absolute Gasteiger partial charge is 0.322 e. The fraction of sp³-hybridized carbons (Fsp3) is 0.350. The first-order valence-electron chi connectivity index (χ1n) is 8.76. The van der Waals surface area contributed by atoms with E-state index in [1.807, 2.05) is 39.0 Å². The number of sulfonamides is 1. The average Bonchev–Trinajstić information content (AvgIpc) is 2.92. The minimum atomic E-state index is -3.32. The Hall–Kier alpha value is -2.34. The molecule has 1 aliphatic heterocycles. The van der Waals surface area contributed by atoms with E-state index in [1.165, 1.54) is 4.31 Å². The molecule has 0 aromatic heterocycles. The molecular weight excluding hydrogens is 348 g/mol. The molecule has 3 rings (SSSR count). The number of anilines is 2. The van der Waals surface area contributed by atoms with Gasteiger partial charge in [0.2, 0.25) is 10.0 Å². The molecule has 138 valence electrons. The lowest BCUT2D eigenvalue weighted by Gasteiger charge is -2.23. The van der Waals surface area contributed by atoms with E-state index in [0.29, 0.717) is 17.7 Å². The van der Waals surface area contributed by atoms with Gasteiger partial charge in [0.05, 0.1) is 11.4 Å². The van der Waals surface area contributed by atoms with Crippen LogP contribution in [0, 0.1) is 13.8 Å². The van der Waals surface area contributed by atoms with E-state index in [1.54, 1.807) is 25.1 Å². The monoisotopic (exact) mass is 372 g/mol. The molecule has 26 heavy (non-hydrogen) atoms. The molecular formula is C20H24N2O3S. The van der Waals surface area contributed by atoms with Crippen LogP contribution in [0.3, 0.4) is 0 Å². The first-order valence-corrected chi connectivity index (χ1v) is 10.4. The van der Waals surface area contributed by atoms with Gasteiger partial charge in [0.15, 0.2) is 0 Å². The number of benzene rings is 2. The second-order valence-corrected chi connectivity index (χ2v) is 9.00. The number of amides is 1. The van der Waals surface area contributed by atoms with Gasteiger partial charge in [0, 0.05) is 17.3 Å². The molecule has 2 aromatic carbocycles. The summed E-state index contributed by atoms with van der Waals surface area (Å²) < 4.78 is 26.2. The van der Waals surface area contributed by atoms with Gasteiger partial charge in [-0.2, -0.15) is 0 Å². The van der Waals surface area contributed by atoms with Crippen LogP contribution in [0.15, 0.2) is 36.4 Å². The Bertz CT molecular complexity index is 967. The van der Waals surface area contributed by atoms with Crippen molar-refractivity contribution >= 4 is 27.3 Å². The molecule has 1 aliphatic rings. The highest BCUT2D eigenvalue weighted by Crippen LogP contribution is 2.35. The van der Waals surface area contributed by atoms with E-state index in [2.05, 4.69) is 5.32 Å². The van der Waals surface area contributed by atoms with Crippen LogP contribution in [0.4, 0.5) is 11.4 Å². The summed E-state index contributed by atoms with van der Waals surface area (Å²) in [5.74, 6) is -0.129. The maximum atomic E-state index is 12.6. The molecule has 1 N–H and O–H groups in total. The Balaban J connectivity index is 1.88. The van der Waals surface area contributed by atoms with E-state index in [-0.39, 0.29) is 17.7 Å². The Morgan fingerprint density at radius 3 is 2.58 bits per heavy atom. The first-order chi connectivity index (χ1) is 12.2. The number of nitrogens with zero attached hydrogens (tertiary/aromatic N) is 1. The Morgan fingerprint density at radius 2 is 1.92 bits per heavy atom. The van der Waals surface area contributed by atoms with Gasteiger partial charge in [-0.25, -0.2) is 8.42 Å². The second-order valence-electron chi connectivity index (χ2n) is 6.87. The molecule has 0 saturated heterocycles. The van der Waals surface area contributed by atoms with Crippen LogP contribution in [0.25, 0.3) is 0 Å². The zero-order chi connectivity index (χ0) is 19.1. The molecule has 1 atom stereocenters. The van der Waals surface area contributed by atoms with E-state index in [0.717, 1.165) is 22.4 Å². The van der Waals surface area contributed by atoms with Crippen molar-refractivity contribution in [3.8, 4) is 0 Å². The Kier molecular flexibility index (Phi) is 4.80. The fourth-order valence-corrected chi connectivity index (χ4v) is 4.83. The summed E-state index contributed by atoms with van der Waals surface area (Å²) in [5.41, 5.74) is 5.04. The molecule has 0 unspecified atom stereocenters. The van der Waals surface area contributed by atoms with Crippen LogP contribution >= 0.6 is 0 Å². The lowest BCUT2D eigenvalue weighted by Crippen LogP contribution is -2.36. The summed E-state index contributed by atoms with van der Waals surface area (Å²) >= 11 is 0. The maximum Gasteiger partial charge on any atom is 0.255 e. The second kappa shape index (κ2) is 6.76. The summed E-state index contributed by atoms with van der Waals surface area (Å²) in [6.07, 6.45) is 0.610. The molecule has 5 nitrogen and oxygen atoms in total. The van der Waals surface area contributed by atoms with Crippen LogP contribution in [-0.2, 0) is 16.4 Å². The molecule has 1 amide bonds. The lowest BCUT2D eigenvalue weighted by molar-refractivity contribution is 0.102. The third kappa shape index (κ3) is 3.33. The van der Waals surface area contributed by atoms with Crippen molar-refractivity contribution in [1.82, 2.24) is 0 Å². The van der Waals surface area contributed by atoms with Crippen molar-refractivity contribution < 1.29 is 13.2 Å². The summed E-state index contributed by atoms with van der Waals surface area (Å²) in [6, 6.07) is 11.0. The number of hydrogen-bond acceptors (Lipinski definition) is 3. The average molecular weight is 372 g/mol. The van der Waals surface area contributed by atoms with Gasteiger partial charge in [-0.1, -0.05) is 17.7 Å². The molecule has 6 heteroatoms. The standard InChI is InChI=1S/C20H24N2O3S/c1-5-26(24,25)22-15(4)11-17-12-16(7-9-19(17)22)20(23)21-18-8-6-13(2)10-14(18)3/h6-10,12,15H,5,11H2,1-4H3,(H,21,23)/t15-/m0/s1. The predicted molar refractivity (Wildman–Crippen MR) is 105 cm³/mol. The maximum absolute atomic E-state index is 12.6. The zero-order valence-corrected chi connectivity index (χ0v) is 16.4. The van der Waals surface area contributed by atoms with E-state index < -0.39 is 10.0 Å². The summed E-state index contributed by atoms with van der Waals surface area (Å²) in [5, 5.41) is 2.94. The number of carbonyl (C=O) groups excluding carboxylic acids is 1. The highest BCUT2D eigenvalue weighted by molar-refractivity contribution is 7.92. The number of rotatable bonds is 4. The van der Waals surface area contributed by atoms with Crippen molar-refractivity contribution in [3.63, 3.8) is 0 Å². The number of nitrogens with one attached hydrogen (secondary N) is 1. The van der Waals surface area contributed by atoms with Gasteiger partial charge < -0.3 is 5.32 Å². The van der Waals surface area contributed by atoms with Crippen molar-refractivity contribution in [2.24, 2.45) is 0 Å². The van der Waals surface area contributed by atoms with Crippen molar-refractivity contribution in [2.45, 2.75) is 40.2 Å². The van der Waals surface area contributed by atoms with Gasteiger partial charge in [0.1, 0.15) is 0 Å². The summed E-state index contributed by atoms with van der Waals surface area (Å²) in [7, 11) is -3.32. The molecule has 0 spiro atoms. The number of hydrogen-bond donors (Lipinski definition) is 1. The van der Waals surface area contributed by atoms with Crippen LogP contribution in [0.5, 0.6) is 0 Å². The number of carbonyl (C=O) groups is 1. The van der Waals surface area contributed by atoms with Crippen molar-refractivity contribution in [1.29, 1.82) is 0 Å². The Labute approximate surface area is 155 Å². The highest BCUT2D eigenvalue weighted by atomic mass is 32.2. The van der Waals surface area contributed by atoms with Gasteiger partial charge in [-0.05, 0) is 69.5 Å². The van der Waals surface area contributed by atoms with Crippen LogP contribution < -0.4 is 9.62 Å². The third-order valence-corrected chi connectivity index (χ3v) is 6.67. The molecule has 2 aromatic rings. The van der Waals surface area contributed by atoms with Gasteiger partial charge in [-0.3, -0.25) is 9.10 Å². The van der Waals surface area contributed by atoms with Crippen LogP contribution in [0.1, 0.15) is 40.9 Å². The van der Waals surface area contributed by atoms with Gasteiger partial charge >= 0.3 is 0 Å². The van der Waals surface area contributed by atoms with Gasteiger partial charge in [0.25, 0.3) is 5.91 Å². The molecule has 0 bridgehead atoms. The fourth-order valence-electron chi connectivity index (χ4n) is 3.46. The predicted octanol–water partition coefficient (Wildman–Crippen LogP) is 3.66. The molecule has 0 saturated carbocycles. The quantitative estimate of drug-likeness (QED) is 0.891. The van der Waals surface area contributed by atoms with Crippen molar-refractivity contribution in [2.75, 3.05) is 15.4 Å². The SMILES string of the molecule is CCS(=O)(=O)N1c2ccc(C(=O)Nc3ccc(C)cc3C)cc2C[C@@H]1C. The van der Waals surface area contributed by atoms with Gasteiger partial charge in [-0.15, -0.1) is 0 Å². The smallest absolute Gasteiger partial charge is 0.255 e. The summed E-state index contributed by atoms with van der Waals surface area (Å²) in [6.45, 7) is 7.51. The first kappa shape index (κ1) is 18.5. The molecule has 0 aliphatic carbocycles. The lowest BCUT2D eigenvalue weighted by atomic mass is 10.1. The summed E-state index contributed by atoms with van der Waals surface area (Å²) in [4.78, 5) is 12.6. The van der Waals surface area contributed by atoms with Crippen molar-refractivity contribution in [3.05, 3.63) is 58.7 Å². The van der Waals surface area contributed by atoms with E-state index in [9.17, 15) is 13.2 Å². The van der Waals surface area contributed by atoms with Crippen LogP contribution in [0.2, 0.25) is 0 Å². The molecule has 0 fully saturated rings. The minimum Gasteiger partial charge on any atom is -0.322 e. The Morgan fingerprint density at radius 1 is 1.19 bits per heavy atom. The minimum absolute atomic E-state index is 0.0612. The number of aryl methyl sites for hydroxylation is 2. The molecule has 0 radical (unpaired) electrons. The number of fused-ring (bicyclic) bond motifs is 1.